The van der Waals surface area contributed by atoms with Crippen LogP contribution in [-0.2, 0) is 19.5 Å². The van der Waals surface area contributed by atoms with Gasteiger partial charge < -0.3 is 9.47 Å². The Bertz CT molecular complexity index is 584. The van der Waals surface area contributed by atoms with Crippen molar-refractivity contribution in [2.24, 2.45) is 0 Å². The largest absolute Gasteiger partial charge is 0.348 e. The molecule has 1 aliphatic heterocycles. The van der Waals surface area contributed by atoms with Crippen LogP contribution in [-0.4, -0.2) is 38.7 Å². The molecule has 0 radical (unpaired) electrons. The first-order chi connectivity index (χ1) is 9.96. The van der Waals surface area contributed by atoms with Gasteiger partial charge in [0.15, 0.2) is 5.79 Å². The van der Waals surface area contributed by atoms with Crippen LogP contribution in [0.25, 0.3) is 0 Å². The Morgan fingerprint density at radius 1 is 1.24 bits per heavy atom. The minimum atomic E-state index is -3.25. The number of nitrogens with one attached hydrogen (secondary N) is 1. The summed E-state index contributed by atoms with van der Waals surface area (Å²) in [5, 5.41) is 0. The maximum atomic E-state index is 11.2. The number of ether oxygens (including phenoxy) is 2. The summed E-state index contributed by atoms with van der Waals surface area (Å²) in [6.07, 6.45) is 6.44. The number of hydrogen-bond donors (Lipinski definition) is 1. The van der Waals surface area contributed by atoms with Crippen LogP contribution in [0.1, 0.15) is 37.3 Å². The molecular weight excluding hydrogens is 292 g/mol. The van der Waals surface area contributed by atoms with E-state index in [0.29, 0.717) is 24.8 Å². The summed E-state index contributed by atoms with van der Waals surface area (Å²) in [4.78, 5) is 4.39. The van der Waals surface area contributed by atoms with Crippen LogP contribution in [0.5, 0.6) is 0 Å². The Morgan fingerprint density at radius 3 is 2.43 bits per heavy atom. The molecule has 2 fully saturated rings. The molecule has 1 N–H and O–H groups in total. The maximum absolute atomic E-state index is 11.2. The van der Waals surface area contributed by atoms with Gasteiger partial charge in [0.05, 0.1) is 31.4 Å². The highest BCUT2D eigenvalue weighted by Crippen LogP contribution is 2.41. The van der Waals surface area contributed by atoms with Crippen molar-refractivity contribution in [3.63, 3.8) is 0 Å². The molecule has 1 saturated carbocycles. The molecule has 116 valence electrons. The molecule has 1 aromatic rings. The second kappa shape index (κ2) is 5.55. The van der Waals surface area contributed by atoms with E-state index in [0.717, 1.165) is 37.6 Å². The van der Waals surface area contributed by atoms with E-state index in [4.69, 9.17) is 9.47 Å². The Morgan fingerprint density at radius 2 is 1.90 bits per heavy atom. The van der Waals surface area contributed by atoms with E-state index in [9.17, 15) is 8.42 Å². The van der Waals surface area contributed by atoms with Crippen molar-refractivity contribution in [1.29, 1.82) is 0 Å². The number of rotatable bonds is 3. The van der Waals surface area contributed by atoms with Crippen LogP contribution in [0, 0.1) is 0 Å². The zero-order valence-corrected chi connectivity index (χ0v) is 12.9. The van der Waals surface area contributed by atoms with Gasteiger partial charge >= 0.3 is 0 Å². The van der Waals surface area contributed by atoms with Crippen molar-refractivity contribution in [3.8, 4) is 0 Å². The van der Waals surface area contributed by atoms with Crippen molar-refractivity contribution in [1.82, 2.24) is 4.98 Å². The van der Waals surface area contributed by atoms with E-state index in [1.807, 2.05) is 6.07 Å². The van der Waals surface area contributed by atoms with E-state index >= 15 is 0 Å². The van der Waals surface area contributed by atoms with E-state index in [1.54, 1.807) is 12.3 Å². The Kier molecular flexibility index (Phi) is 3.90. The SMILES string of the molecule is CS(=O)(=O)Nc1ccc(C2CCC3(CC2)OCCO3)nc1. The number of anilines is 1. The first kappa shape index (κ1) is 14.7. The van der Waals surface area contributed by atoms with E-state index in [1.165, 1.54) is 0 Å². The number of sulfonamides is 1. The topological polar surface area (TPSA) is 77.5 Å². The number of pyridine rings is 1. The quantitative estimate of drug-likeness (QED) is 0.921. The van der Waals surface area contributed by atoms with Crippen LogP contribution in [0.2, 0.25) is 0 Å². The Balaban J connectivity index is 1.63. The molecule has 0 bridgehead atoms. The number of nitrogens with zero attached hydrogens (tertiary/aromatic N) is 1. The van der Waals surface area contributed by atoms with E-state index in [-0.39, 0.29) is 5.79 Å². The van der Waals surface area contributed by atoms with Gasteiger partial charge in [0, 0.05) is 24.5 Å². The molecule has 3 rings (SSSR count). The summed E-state index contributed by atoms with van der Waals surface area (Å²) in [5.41, 5.74) is 1.50. The lowest BCUT2D eigenvalue weighted by Crippen LogP contribution is -2.34. The monoisotopic (exact) mass is 312 g/mol. The average molecular weight is 312 g/mol. The summed E-state index contributed by atoms with van der Waals surface area (Å²) in [6.45, 7) is 1.38. The number of hydrogen-bond acceptors (Lipinski definition) is 5. The van der Waals surface area contributed by atoms with Crippen molar-refractivity contribution >= 4 is 15.7 Å². The Hall–Kier alpha value is -1.18. The predicted octanol–water partition coefficient (Wildman–Crippen LogP) is 1.85. The highest BCUT2D eigenvalue weighted by Gasteiger charge is 2.40. The third-order valence-electron chi connectivity index (χ3n) is 4.07. The molecule has 1 spiro atoms. The van der Waals surface area contributed by atoms with Crippen LogP contribution in [0.4, 0.5) is 5.69 Å². The average Bonchev–Trinajstić information content (AvgIpc) is 2.87. The number of aromatic nitrogens is 1. The molecule has 1 aliphatic carbocycles. The smallest absolute Gasteiger partial charge is 0.229 e. The van der Waals surface area contributed by atoms with Gasteiger partial charge in [0.1, 0.15) is 0 Å². The summed E-state index contributed by atoms with van der Waals surface area (Å²) in [7, 11) is -3.25. The van der Waals surface area contributed by atoms with Gasteiger partial charge in [-0.25, -0.2) is 8.42 Å². The molecule has 6 nitrogen and oxygen atoms in total. The zero-order chi connectivity index (χ0) is 14.9. The van der Waals surface area contributed by atoms with Crippen molar-refractivity contribution in [2.45, 2.75) is 37.4 Å². The fraction of sp³-hybridized carbons (Fsp3) is 0.643. The fourth-order valence-corrected chi connectivity index (χ4v) is 3.61. The lowest BCUT2D eigenvalue weighted by molar-refractivity contribution is -0.178. The maximum Gasteiger partial charge on any atom is 0.229 e. The highest BCUT2D eigenvalue weighted by molar-refractivity contribution is 7.92. The van der Waals surface area contributed by atoms with Gasteiger partial charge in [0.2, 0.25) is 10.0 Å². The molecule has 0 aromatic carbocycles. The van der Waals surface area contributed by atoms with Gasteiger partial charge in [0.25, 0.3) is 0 Å². The highest BCUT2D eigenvalue weighted by atomic mass is 32.2. The van der Waals surface area contributed by atoms with Gasteiger partial charge in [-0.15, -0.1) is 0 Å². The third-order valence-corrected chi connectivity index (χ3v) is 4.68. The molecule has 21 heavy (non-hydrogen) atoms. The molecule has 1 aromatic heterocycles. The summed E-state index contributed by atoms with van der Waals surface area (Å²) in [5.74, 6) is 0.0320. The normalized spacial score (nSPS) is 22.5. The van der Waals surface area contributed by atoms with Gasteiger partial charge in [-0.05, 0) is 25.0 Å². The van der Waals surface area contributed by atoms with Crippen LogP contribution < -0.4 is 4.72 Å². The third kappa shape index (κ3) is 3.53. The zero-order valence-electron chi connectivity index (χ0n) is 12.0. The van der Waals surface area contributed by atoms with Crippen LogP contribution >= 0.6 is 0 Å². The van der Waals surface area contributed by atoms with Gasteiger partial charge in [-0.3, -0.25) is 9.71 Å². The first-order valence-electron chi connectivity index (χ1n) is 7.17. The minimum Gasteiger partial charge on any atom is -0.348 e. The van der Waals surface area contributed by atoms with Crippen LogP contribution in [0.3, 0.4) is 0 Å². The summed E-state index contributed by atoms with van der Waals surface area (Å²) < 4.78 is 36.2. The fourth-order valence-electron chi connectivity index (χ4n) is 3.06. The van der Waals surface area contributed by atoms with Gasteiger partial charge in [-0.2, -0.15) is 0 Å². The minimum absolute atomic E-state index is 0.353. The molecule has 7 heteroatoms. The summed E-state index contributed by atoms with van der Waals surface area (Å²) >= 11 is 0. The van der Waals surface area contributed by atoms with Crippen molar-refractivity contribution < 1.29 is 17.9 Å². The van der Waals surface area contributed by atoms with Gasteiger partial charge in [-0.1, -0.05) is 0 Å². The molecule has 1 saturated heterocycles. The molecule has 2 heterocycles. The molecule has 0 amide bonds. The standard InChI is InChI=1S/C14H20N2O4S/c1-21(17,18)16-12-2-3-13(15-10-12)11-4-6-14(7-5-11)19-8-9-20-14/h2-3,10-11,16H,4-9H2,1H3. The second-order valence-electron chi connectivity index (χ2n) is 5.73. The predicted molar refractivity (Wildman–Crippen MR) is 78.5 cm³/mol. The van der Waals surface area contributed by atoms with E-state index < -0.39 is 10.0 Å². The second-order valence-corrected chi connectivity index (χ2v) is 7.48. The van der Waals surface area contributed by atoms with Crippen LogP contribution in [0.15, 0.2) is 18.3 Å². The molecular formula is C14H20N2O4S. The lowest BCUT2D eigenvalue weighted by Gasteiger charge is -2.35. The first-order valence-corrected chi connectivity index (χ1v) is 9.07. The van der Waals surface area contributed by atoms with Crippen molar-refractivity contribution in [3.05, 3.63) is 24.0 Å². The van der Waals surface area contributed by atoms with E-state index in [2.05, 4.69) is 9.71 Å². The summed E-state index contributed by atoms with van der Waals surface area (Å²) in [6, 6.07) is 3.66. The molecule has 0 unspecified atom stereocenters. The molecule has 2 aliphatic rings. The van der Waals surface area contributed by atoms with Crippen molar-refractivity contribution in [2.75, 3.05) is 24.2 Å². The lowest BCUT2D eigenvalue weighted by atomic mass is 9.83. The molecule has 0 atom stereocenters. The Labute approximate surface area is 124 Å².